The Kier molecular flexibility index (Phi) is 3.55. The first-order chi connectivity index (χ1) is 10.7. The van der Waals surface area contributed by atoms with Crippen molar-refractivity contribution in [1.82, 2.24) is 5.32 Å². The van der Waals surface area contributed by atoms with Crippen LogP contribution in [-0.4, -0.2) is 18.6 Å². The van der Waals surface area contributed by atoms with E-state index < -0.39 is 0 Å². The van der Waals surface area contributed by atoms with Crippen molar-refractivity contribution in [2.24, 2.45) is 23.7 Å². The molecule has 3 aliphatic carbocycles. The van der Waals surface area contributed by atoms with Crippen LogP contribution in [0.4, 0.5) is 4.39 Å². The summed E-state index contributed by atoms with van der Waals surface area (Å²) in [6.45, 7) is 0.00755. The standard InChI is InChI=1S/C18H22FNO2/c19-12-4-6-13(7-5-12)22-10-18(21)20-17-9-11-8-16(17)15-3-1-2-14(11)15/h4-7,11,14-17H,1-3,8-10H2,(H,20,21). The number of carbonyl (C=O) groups is 1. The van der Waals surface area contributed by atoms with Crippen molar-refractivity contribution in [3.8, 4) is 5.75 Å². The van der Waals surface area contributed by atoms with E-state index in [1.54, 1.807) is 12.1 Å². The third-order valence-electron chi connectivity index (χ3n) is 5.96. The second kappa shape index (κ2) is 5.56. The Balaban J connectivity index is 1.29. The van der Waals surface area contributed by atoms with Gasteiger partial charge in [-0.15, -0.1) is 0 Å². The van der Waals surface area contributed by atoms with Crippen LogP contribution in [0.25, 0.3) is 0 Å². The number of hydrogen-bond donors (Lipinski definition) is 1. The Morgan fingerprint density at radius 2 is 1.91 bits per heavy atom. The third kappa shape index (κ3) is 2.49. The maximum absolute atomic E-state index is 12.8. The zero-order valence-corrected chi connectivity index (χ0v) is 12.6. The molecule has 5 unspecified atom stereocenters. The van der Waals surface area contributed by atoms with Crippen LogP contribution >= 0.6 is 0 Å². The fourth-order valence-electron chi connectivity index (χ4n) is 5.16. The second-order valence-corrected chi connectivity index (χ2v) is 7.07. The Labute approximate surface area is 130 Å². The molecular weight excluding hydrogens is 281 g/mol. The van der Waals surface area contributed by atoms with Crippen LogP contribution in [0, 0.1) is 29.5 Å². The van der Waals surface area contributed by atoms with Crippen LogP contribution < -0.4 is 10.1 Å². The van der Waals surface area contributed by atoms with E-state index in [4.69, 9.17) is 4.74 Å². The van der Waals surface area contributed by atoms with Gasteiger partial charge in [0, 0.05) is 6.04 Å². The van der Waals surface area contributed by atoms with Gasteiger partial charge in [-0.2, -0.15) is 0 Å². The van der Waals surface area contributed by atoms with Gasteiger partial charge < -0.3 is 10.1 Å². The molecule has 0 aliphatic heterocycles. The molecule has 3 nitrogen and oxygen atoms in total. The van der Waals surface area contributed by atoms with Gasteiger partial charge in [0.05, 0.1) is 0 Å². The lowest BCUT2D eigenvalue weighted by atomic mass is 9.79. The van der Waals surface area contributed by atoms with Crippen LogP contribution in [0.15, 0.2) is 24.3 Å². The van der Waals surface area contributed by atoms with E-state index in [0.717, 1.165) is 24.2 Å². The maximum Gasteiger partial charge on any atom is 0.258 e. The molecule has 1 N–H and O–H groups in total. The molecule has 2 bridgehead atoms. The summed E-state index contributed by atoms with van der Waals surface area (Å²) in [5.74, 6) is 3.48. The fraction of sp³-hybridized carbons (Fsp3) is 0.611. The van der Waals surface area contributed by atoms with Crippen molar-refractivity contribution in [3.05, 3.63) is 30.1 Å². The van der Waals surface area contributed by atoms with Crippen molar-refractivity contribution in [2.45, 2.75) is 38.1 Å². The van der Waals surface area contributed by atoms with Crippen molar-refractivity contribution >= 4 is 5.91 Å². The molecule has 0 spiro atoms. The van der Waals surface area contributed by atoms with Crippen LogP contribution in [0.5, 0.6) is 5.75 Å². The molecule has 3 saturated carbocycles. The van der Waals surface area contributed by atoms with Gasteiger partial charge >= 0.3 is 0 Å². The lowest BCUT2D eigenvalue weighted by molar-refractivity contribution is -0.124. The molecule has 3 fully saturated rings. The van der Waals surface area contributed by atoms with Gasteiger partial charge in [-0.05, 0) is 73.6 Å². The van der Waals surface area contributed by atoms with E-state index in [1.807, 2.05) is 0 Å². The Bertz CT molecular complexity index is 559. The molecule has 0 aromatic heterocycles. The highest BCUT2D eigenvalue weighted by atomic mass is 19.1. The lowest BCUT2D eigenvalue weighted by Gasteiger charge is -2.32. The van der Waals surface area contributed by atoms with Crippen LogP contribution in [-0.2, 0) is 4.79 Å². The van der Waals surface area contributed by atoms with Gasteiger partial charge in [0.25, 0.3) is 5.91 Å². The number of hydrogen-bond acceptors (Lipinski definition) is 2. The minimum Gasteiger partial charge on any atom is -0.484 e. The number of nitrogens with one attached hydrogen (secondary N) is 1. The van der Waals surface area contributed by atoms with Gasteiger partial charge in [-0.3, -0.25) is 4.79 Å². The Hall–Kier alpha value is -1.58. The smallest absolute Gasteiger partial charge is 0.258 e. The molecule has 5 atom stereocenters. The molecule has 22 heavy (non-hydrogen) atoms. The molecular formula is C18H22FNO2. The normalized spacial score (nSPS) is 35.4. The van der Waals surface area contributed by atoms with E-state index >= 15 is 0 Å². The Morgan fingerprint density at radius 3 is 2.73 bits per heavy atom. The van der Waals surface area contributed by atoms with Gasteiger partial charge in [0.15, 0.2) is 6.61 Å². The first-order valence-corrected chi connectivity index (χ1v) is 8.38. The zero-order chi connectivity index (χ0) is 15.1. The predicted octanol–water partition coefficient (Wildman–Crippen LogP) is 3.15. The summed E-state index contributed by atoms with van der Waals surface area (Å²) in [6, 6.07) is 6.10. The minimum absolute atomic E-state index is 0.00755. The van der Waals surface area contributed by atoms with E-state index in [1.165, 1.54) is 37.8 Å². The maximum atomic E-state index is 12.8. The van der Waals surface area contributed by atoms with Crippen molar-refractivity contribution in [3.63, 3.8) is 0 Å². The average Bonchev–Trinajstić information content (AvgIpc) is 3.19. The number of carbonyl (C=O) groups excluding carboxylic acids is 1. The SMILES string of the molecule is O=C(COc1ccc(F)cc1)NC1CC2CC1C1CCCC21. The summed E-state index contributed by atoms with van der Waals surface area (Å²) in [5.41, 5.74) is 0. The molecule has 0 saturated heterocycles. The molecule has 1 aromatic rings. The van der Waals surface area contributed by atoms with Crippen molar-refractivity contribution in [2.75, 3.05) is 6.61 Å². The largest absolute Gasteiger partial charge is 0.484 e. The quantitative estimate of drug-likeness (QED) is 0.928. The van der Waals surface area contributed by atoms with Crippen molar-refractivity contribution in [1.29, 1.82) is 0 Å². The molecule has 0 heterocycles. The van der Waals surface area contributed by atoms with Crippen LogP contribution in [0.3, 0.4) is 0 Å². The third-order valence-corrected chi connectivity index (χ3v) is 5.96. The summed E-state index contributed by atoms with van der Waals surface area (Å²) in [5, 5.41) is 3.17. The molecule has 0 radical (unpaired) electrons. The fourth-order valence-corrected chi connectivity index (χ4v) is 5.16. The molecule has 118 valence electrons. The van der Waals surface area contributed by atoms with Crippen LogP contribution in [0.2, 0.25) is 0 Å². The second-order valence-electron chi connectivity index (χ2n) is 7.07. The summed E-state index contributed by atoms with van der Waals surface area (Å²) >= 11 is 0. The summed E-state index contributed by atoms with van der Waals surface area (Å²) in [7, 11) is 0. The topological polar surface area (TPSA) is 38.3 Å². The molecule has 1 amide bonds. The zero-order valence-electron chi connectivity index (χ0n) is 12.6. The summed E-state index contributed by atoms with van der Waals surface area (Å²) in [4.78, 5) is 12.1. The number of benzene rings is 1. The minimum atomic E-state index is -0.301. The first kappa shape index (κ1) is 14.0. The molecule has 4 rings (SSSR count). The number of amides is 1. The van der Waals surface area contributed by atoms with E-state index in [2.05, 4.69) is 5.32 Å². The number of halogens is 1. The van der Waals surface area contributed by atoms with Gasteiger partial charge in [0.2, 0.25) is 0 Å². The highest BCUT2D eigenvalue weighted by molar-refractivity contribution is 5.78. The average molecular weight is 303 g/mol. The van der Waals surface area contributed by atoms with Gasteiger partial charge in [-0.25, -0.2) is 4.39 Å². The molecule has 3 aliphatic rings. The van der Waals surface area contributed by atoms with E-state index in [0.29, 0.717) is 17.7 Å². The number of rotatable bonds is 4. The Morgan fingerprint density at radius 1 is 1.14 bits per heavy atom. The number of ether oxygens (including phenoxy) is 1. The molecule has 1 aromatic carbocycles. The first-order valence-electron chi connectivity index (χ1n) is 8.38. The molecule has 4 heteroatoms. The lowest BCUT2D eigenvalue weighted by Crippen LogP contribution is -2.44. The number of fused-ring (bicyclic) bond motifs is 5. The highest BCUT2D eigenvalue weighted by Gasteiger charge is 2.53. The van der Waals surface area contributed by atoms with E-state index in [-0.39, 0.29) is 18.3 Å². The van der Waals surface area contributed by atoms with Gasteiger partial charge in [0.1, 0.15) is 11.6 Å². The monoisotopic (exact) mass is 303 g/mol. The predicted molar refractivity (Wildman–Crippen MR) is 80.9 cm³/mol. The van der Waals surface area contributed by atoms with Crippen LogP contribution in [0.1, 0.15) is 32.1 Å². The summed E-state index contributed by atoms with van der Waals surface area (Å²) in [6.07, 6.45) is 6.58. The van der Waals surface area contributed by atoms with Crippen molar-refractivity contribution < 1.29 is 13.9 Å². The highest BCUT2D eigenvalue weighted by Crippen LogP contribution is 2.58. The van der Waals surface area contributed by atoms with Gasteiger partial charge in [-0.1, -0.05) is 6.42 Å². The summed E-state index contributed by atoms with van der Waals surface area (Å²) < 4.78 is 18.2. The van der Waals surface area contributed by atoms with E-state index in [9.17, 15) is 9.18 Å².